The van der Waals surface area contributed by atoms with Crippen molar-refractivity contribution < 1.29 is 20.3 Å². The second-order valence-corrected chi connectivity index (χ2v) is 7.64. The number of benzene rings is 1. The number of aliphatic hydroxyl groups excluding tert-OH is 1. The molecule has 1 aromatic carbocycles. The van der Waals surface area contributed by atoms with E-state index in [9.17, 15) is 0 Å². The van der Waals surface area contributed by atoms with Gasteiger partial charge in [-0.15, -0.1) is 12.4 Å². The van der Waals surface area contributed by atoms with Gasteiger partial charge in [0.15, 0.2) is 4.98 Å². The average Bonchev–Trinajstić information content (AvgIpc) is 2.37. The number of anilines is 1. The summed E-state index contributed by atoms with van der Waals surface area (Å²) in [4.78, 5) is 5.12. The molecule has 1 aromatic rings. The number of nitrogens with zero attached hydrogens (tertiary/aromatic N) is 3. The Balaban J connectivity index is 0. The monoisotopic (exact) mass is 362 g/mol. The Morgan fingerprint density at radius 2 is 1.83 bits per heavy atom. The van der Waals surface area contributed by atoms with E-state index < -0.39 is 15.1 Å². The molecule has 0 aliphatic carbocycles. The van der Waals surface area contributed by atoms with Crippen molar-refractivity contribution in [3.63, 3.8) is 0 Å². The molecule has 0 saturated heterocycles. The van der Waals surface area contributed by atoms with E-state index in [0.29, 0.717) is 12.2 Å². The summed E-state index contributed by atoms with van der Waals surface area (Å²) in [6.07, 6.45) is 0. The van der Waals surface area contributed by atoms with E-state index in [0.717, 1.165) is 12.2 Å². The average molecular weight is 365 g/mol. The molecule has 0 bridgehead atoms. The number of hydrogen-bond donors (Lipinski definition) is 1. The predicted molar refractivity (Wildman–Crippen MR) is 75.1 cm³/mol. The van der Waals surface area contributed by atoms with E-state index in [1.807, 2.05) is 24.0 Å². The summed E-state index contributed by atoms with van der Waals surface area (Å²) in [7, 11) is 9.90. The van der Waals surface area contributed by atoms with Crippen LogP contribution in [0.25, 0.3) is 4.98 Å². The number of aliphatic hydroxyl groups is 1. The van der Waals surface area contributed by atoms with Crippen molar-refractivity contribution in [3.8, 4) is 0 Å². The first-order chi connectivity index (χ1) is 8.23. The third-order valence-electron chi connectivity index (χ3n) is 2.08. The molecule has 8 heteroatoms. The van der Waals surface area contributed by atoms with Crippen LogP contribution in [-0.4, -0.2) is 24.8 Å². The van der Waals surface area contributed by atoms with Crippen molar-refractivity contribution in [2.24, 2.45) is 0 Å². The van der Waals surface area contributed by atoms with E-state index in [-0.39, 0.29) is 19.0 Å². The number of halogens is 3. The molecule has 0 spiro atoms. The zero-order valence-corrected chi connectivity index (χ0v) is 15.4. The summed E-state index contributed by atoms with van der Waals surface area (Å²) in [5.74, 6) is 0. The van der Waals surface area contributed by atoms with Gasteiger partial charge in [-0.25, -0.2) is 0 Å². The van der Waals surface area contributed by atoms with Crippen molar-refractivity contribution in [1.29, 1.82) is 5.39 Å². The van der Waals surface area contributed by atoms with Crippen molar-refractivity contribution in [1.82, 2.24) is 0 Å². The third-order valence-corrected chi connectivity index (χ3v) is 2.08. The molecule has 0 fully saturated rings. The van der Waals surface area contributed by atoms with Gasteiger partial charge in [0.2, 0.25) is 5.39 Å². The van der Waals surface area contributed by atoms with E-state index >= 15 is 0 Å². The van der Waals surface area contributed by atoms with Crippen LogP contribution in [0, 0.1) is 5.39 Å². The molecule has 18 heavy (non-hydrogen) atoms. The van der Waals surface area contributed by atoms with E-state index in [2.05, 4.69) is 4.98 Å². The Hall–Kier alpha value is -0.107. The fourth-order valence-electron chi connectivity index (χ4n) is 1.32. The number of rotatable bonds is 4. The molecule has 0 radical (unpaired) electrons. The fraction of sp³-hybridized carbons (Fsp3) is 0.400. The Labute approximate surface area is 129 Å². The molecule has 0 saturated carbocycles. The Bertz CT molecular complexity index is 345. The van der Waals surface area contributed by atoms with Gasteiger partial charge in [-0.3, -0.25) is 0 Å². The molecule has 0 aliphatic rings. The quantitative estimate of drug-likeness (QED) is 0.653. The molecule has 0 aromatic heterocycles. The molecular formula is C10H15Cl3N3OZn+. The summed E-state index contributed by atoms with van der Waals surface area (Å²) in [6, 6.07) is 7.20. The van der Waals surface area contributed by atoms with Crippen molar-refractivity contribution in [2.75, 3.05) is 24.6 Å². The minimum absolute atomic E-state index is 0. The molecule has 0 unspecified atom stereocenters. The van der Waals surface area contributed by atoms with Gasteiger partial charge in [-0.2, -0.15) is 0 Å². The standard InChI is InChI=1S/C10H14N3O.3ClH.Zn/c1-2-13(7-8-14)10-5-3-9(12-11)4-6-10;;;;/h3-6,14H,2,7-8H2,1H3;3*1H;/q+1;;;;+2/p-2. The normalized spacial score (nSPS) is 7.94. The second-order valence-electron chi connectivity index (χ2n) is 3.02. The van der Waals surface area contributed by atoms with Crippen LogP contribution in [-0.2, 0) is 15.1 Å². The maximum atomic E-state index is 8.83. The van der Waals surface area contributed by atoms with Crippen LogP contribution in [0.5, 0.6) is 0 Å². The molecule has 98 valence electrons. The van der Waals surface area contributed by atoms with Gasteiger partial charge in [0.25, 0.3) is 0 Å². The van der Waals surface area contributed by atoms with Crippen LogP contribution >= 0.6 is 31.8 Å². The molecule has 0 atom stereocenters. The molecule has 1 rings (SSSR count). The summed E-state index contributed by atoms with van der Waals surface area (Å²) in [6.45, 7) is 3.63. The van der Waals surface area contributed by atoms with Crippen LogP contribution in [0.2, 0.25) is 0 Å². The predicted octanol–water partition coefficient (Wildman–Crippen LogP) is 3.79. The summed E-state index contributed by atoms with van der Waals surface area (Å²) < 4.78 is 0. The van der Waals surface area contributed by atoms with Gasteiger partial charge >= 0.3 is 40.2 Å². The zero-order chi connectivity index (χ0) is 13.1. The zero-order valence-electron chi connectivity index (χ0n) is 10.1. The van der Waals surface area contributed by atoms with Crippen molar-refractivity contribution >= 4 is 43.2 Å². The Kier molecular flexibility index (Phi) is 15.0. The maximum absolute atomic E-state index is 8.83. The molecule has 1 N–H and O–H groups in total. The van der Waals surface area contributed by atoms with Crippen LogP contribution in [0.3, 0.4) is 0 Å². The van der Waals surface area contributed by atoms with Gasteiger partial charge < -0.3 is 10.0 Å². The summed E-state index contributed by atoms with van der Waals surface area (Å²) in [5, 5.41) is 17.3. The molecule has 0 heterocycles. The van der Waals surface area contributed by atoms with Gasteiger partial charge in [-0.05, 0) is 19.1 Å². The summed E-state index contributed by atoms with van der Waals surface area (Å²) in [5.41, 5.74) is 1.56. The first-order valence-corrected chi connectivity index (χ1v) is 13.0. The first kappa shape index (κ1) is 20.2. The van der Waals surface area contributed by atoms with Crippen LogP contribution in [0.1, 0.15) is 6.92 Å². The number of hydrogen-bond acceptors (Lipinski definition) is 3. The van der Waals surface area contributed by atoms with Crippen molar-refractivity contribution in [3.05, 3.63) is 29.2 Å². The number of diazo groups is 1. The summed E-state index contributed by atoms with van der Waals surface area (Å²) >= 11 is -0.931. The molecule has 4 nitrogen and oxygen atoms in total. The minimum atomic E-state index is -0.931. The third kappa shape index (κ3) is 8.08. The van der Waals surface area contributed by atoms with E-state index in [1.54, 1.807) is 12.1 Å². The van der Waals surface area contributed by atoms with Gasteiger partial charge in [0.05, 0.1) is 6.61 Å². The molecular weight excluding hydrogens is 350 g/mol. The second kappa shape index (κ2) is 13.3. The molecule has 0 aliphatic heterocycles. The van der Waals surface area contributed by atoms with E-state index in [4.69, 9.17) is 29.9 Å². The Morgan fingerprint density at radius 3 is 2.17 bits per heavy atom. The topological polar surface area (TPSA) is 51.6 Å². The van der Waals surface area contributed by atoms with Gasteiger partial charge in [0, 0.05) is 30.9 Å². The van der Waals surface area contributed by atoms with Crippen LogP contribution in [0.4, 0.5) is 11.4 Å². The van der Waals surface area contributed by atoms with Gasteiger partial charge in [0.1, 0.15) is 0 Å². The number of likely N-dealkylation sites (N-methyl/N-ethyl adjacent to an activating group) is 1. The van der Waals surface area contributed by atoms with Crippen molar-refractivity contribution in [2.45, 2.75) is 6.92 Å². The van der Waals surface area contributed by atoms with E-state index in [1.165, 1.54) is 0 Å². The fourth-order valence-corrected chi connectivity index (χ4v) is 1.32. The van der Waals surface area contributed by atoms with Crippen LogP contribution in [0.15, 0.2) is 24.3 Å². The van der Waals surface area contributed by atoms with Crippen LogP contribution < -0.4 is 4.90 Å². The SMILES string of the molecule is CCN(CCO)c1ccc([N+]#N)cc1.Cl.[Cl][Zn][Cl]. The van der Waals surface area contributed by atoms with Gasteiger partial charge in [-0.1, -0.05) is 0 Å². The molecule has 0 amide bonds. The first-order valence-electron chi connectivity index (χ1n) is 5.16. The Morgan fingerprint density at radius 1 is 1.33 bits per heavy atom.